The molecule has 1 aromatic carbocycles. The van der Waals surface area contributed by atoms with Crippen molar-refractivity contribution in [3.63, 3.8) is 0 Å². The van der Waals surface area contributed by atoms with E-state index in [2.05, 4.69) is 5.32 Å². The highest BCUT2D eigenvalue weighted by Gasteiger charge is 2.46. The monoisotopic (exact) mass is 306 g/mol. The third-order valence-corrected chi connectivity index (χ3v) is 3.87. The van der Waals surface area contributed by atoms with Crippen molar-refractivity contribution >= 4 is 11.9 Å². The second-order valence-electron chi connectivity index (χ2n) is 5.69. The minimum Gasteiger partial charge on any atom is -0.389 e. The van der Waals surface area contributed by atoms with Crippen molar-refractivity contribution in [2.45, 2.75) is 38.5 Å². The lowest BCUT2D eigenvalue weighted by atomic mass is 9.99. The Morgan fingerprint density at radius 2 is 2.00 bits per heavy atom. The SMILES string of the molecule is CC[C@]1(C)NC(=O)N(C[C@H](O)COCc2ccccc2)C1=O. The first-order valence-corrected chi connectivity index (χ1v) is 7.40. The summed E-state index contributed by atoms with van der Waals surface area (Å²) in [5, 5.41) is 12.6. The number of carbonyl (C=O) groups excluding carboxylic acids is 2. The lowest BCUT2D eigenvalue weighted by Gasteiger charge is -2.21. The largest absolute Gasteiger partial charge is 0.389 e. The summed E-state index contributed by atoms with van der Waals surface area (Å²) in [6.45, 7) is 3.90. The number of nitrogens with zero attached hydrogens (tertiary/aromatic N) is 1. The molecule has 0 spiro atoms. The van der Waals surface area contributed by atoms with Crippen molar-refractivity contribution in [2.24, 2.45) is 0 Å². The number of benzene rings is 1. The van der Waals surface area contributed by atoms with Crippen LogP contribution in [-0.4, -0.2) is 46.7 Å². The molecule has 2 atom stereocenters. The molecule has 0 saturated carbocycles. The van der Waals surface area contributed by atoms with Crippen LogP contribution in [0.2, 0.25) is 0 Å². The molecule has 0 bridgehead atoms. The maximum absolute atomic E-state index is 12.2. The summed E-state index contributed by atoms with van der Waals surface area (Å²) in [7, 11) is 0. The average Bonchev–Trinajstić information content (AvgIpc) is 2.72. The quantitative estimate of drug-likeness (QED) is 0.744. The van der Waals surface area contributed by atoms with Gasteiger partial charge in [-0.05, 0) is 18.9 Å². The zero-order valence-corrected chi connectivity index (χ0v) is 12.9. The van der Waals surface area contributed by atoms with Gasteiger partial charge in [-0.25, -0.2) is 4.79 Å². The molecule has 0 unspecified atom stereocenters. The van der Waals surface area contributed by atoms with Gasteiger partial charge in [0.1, 0.15) is 5.54 Å². The molecule has 0 aromatic heterocycles. The van der Waals surface area contributed by atoms with Gasteiger partial charge < -0.3 is 15.2 Å². The molecule has 1 aliphatic heterocycles. The molecule has 6 nitrogen and oxygen atoms in total. The Labute approximate surface area is 130 Å². The van der Waals surface area contributed by atoms with Crippen molar-refractivity contribution in [1.29, 1.82) is 0 Å². The normalized spacial score (nSPS) is 22.8. The number of carbonyl (C=O) groups is 2. The first kappa shape index (κ1) is 16.5. The fraction of sp³-hybridized carbons (Fsp3) is 0.500. The topological polar surface area (TPSA) is 78.9 Å². The minimum absolute atomic E-state index is 0.0605. The van der Waals surface area contributed by atoms with Gasteiger partial charge in [0.2, 0.25) is 0 Å². The molecule has 2 N–H and O–H groups in total. The highest BCUT2D eigenvalue weighted by molar-refractivity contribution is 6.06. The zero-order chi connectivity index (χ0) is 16.2. The second kappa shape index (κ2) is 6.89. The van der Waals surface area contributed by atoms with Gasteiger partial charge >= 0.3 is 6.03 Å². The highest BCUT2D eigenvalue weighted by Crippen LogP contribution is 2.20. The van der Waals surface area contributed by atoms with Gasteiger partial charge in [0.25, 0.3) is 5.91 Å². The maximum atomic E-state index is 12.2. The molecule has 1 saturated heterocycles. The molecule has 120 valence electrons. The molecular weight excluding hydrogens is 284 g/mol. The fourth-order valence-electron chi connectivity index (χ4n) is 2.30. The number of imide groups is 1. The molecule has 1 aromatic rings. The lowest BCUT2D eigenvalue weighted by molar-refractivity contribution is -0.132. The summed E-state index contributed by atoms with van der Waals surface area (Å²) in [5.74, 6) is -0.304. The van der Waals surface area contributed by atoms with Gasteiger partial charge in [-0.3, -0.25) is 9.69 Å². The molecule has 1 heterocycles. The van der Waals surface area contributed by atoms with E-state index >= 15 is 0 Å². The maximum Gasteiger partial charge on any atom is 0.325 e. The molecular formula is C16H22N2O4. The first-order chi connectivity index (χ1) is 10.5. The number of nitrogens with one attached hydrogen (secondary N) is 1. The number of urea groups is 1. The third kappa shape index (κ3) is 3.64. The molecule has 0 aliphatic carbocycles. The number of hydrogen-bond donors (Lipinski definition) is 2. The van der Waals surface area contributed by atoms with Crippen LogP contribution in [0.25, 0.3) is 0 Å². The van der Waals surface area contributed by atoms with Gasteiger partial charge in [0, 0.05) is 0 Å². The zero-order valence-electron chi connectivity index (χ0n) is 12.9. The Hall–Kier alpha value is -1.92. The summed E-state index contributed by atoms with van der Waals surface area (Å²) in [5.41, 5.74) is 0.130. The number of rotatable bonds is 7. The standard InChI is InChI=1S/C16H22N2O4/c1-3-16(2)14(20)18(15(21)17-16)9-13(19)11-22-10-12-7-5-4-6-8-12/h4-8,13,19H,3,9-11H2,1-2H3,(H,17,21)/t13-,16-/m0/s1. The van der Waals surface area contributed by atoms with Gasteiger partial charge in [0.15, 0.2) is 0 Å². The molecule has 3 amide bonds. The van der Waals surface area contributed by atoms with E-state index < -0.39 is 17.7 Å². The average molecular weight is 306 g/mol. The number of ether oxygens (including phenoxy) is 1. The Bertz CT molecular complexity index is 534. The molecule has 0 radical (unpaired) electrons. The molecule has 1 fully saturated rings. The Morgan fingerprint density at radius 1 is 1.32 bits per heavy atom. The number of aliphatic hydroxyl groups excluding tert-OH is 1. The molecule has 2 rings (SSSR count). The van der Waals surface area contributed by atoms with E-state index in [0.29, 0.717) is 13.0 Å². The van der Waals surface area contributed by atoms with Crippen LogP contribution in [0.4, 0.5) is 4.79 Å². The van der Waals surface area contributed by atoms with Crippen LogP contribution in [0.15, 0.2) is 30.3 Å². The van der Waals surface area contributed by atoms with E-state index in [1.54, 1.807) is 6.92 Å². The summed E-state index contributed by atoms with van der Waals surface area (Å²) in [4.78, 5) is 25.1. The Balaban J connectivity index is 1.81. The van der Waals surface area contributed by atoms with Gasteiger partial charge in [-0.2, -0.15) is 0 Å². The molecule has 6 heteroatoms. The van der Waals surface area contributed by atoms with E-state index in [9.17, 15) is 14.7 Å². The summed E-state index contributed by atoms with van der Waals surface area (Å²) in [6, 6.07) is 9.13. The van der Waals surface area contributed by atoms with Crippen LogP contribution in [0, 0.1) is 0 Å². The van der Waals surface area contributed by atoms with Crippen molar-refractivity contribution in [1.82, 2.24) is 10.2 Å². The summed E-state index contributed by atoms with van der Waals surface area (Å²) >= 11 is 0. The third-order valence-electron chi connectivity index (χ3n) is 3.87. The van der Waals surface area contributed by atoms with Crippen molar-refractivity contribution < 1.29 is 19.4 Å². The fourth-order valence-corrected chi connectivity index (χ4v) is 2.30. The van der Waals surface area contributed by atoms with Crippen LogP contribution in [-0.2, 0) is 16.1 Å². The van der Waals surface area contributed by atoms with E-state index in [1.165, 1.54) is 0 Å². The Kier molecular flexibility index (Phi) is 5.15. The number of β-amino-alcohol motifs (C(OH)–C–C–N with tert-alkyl or cyclic N) is 1. The van der Waals surface area contributed by atoms with Crippen molar-refractivity contribution in [3.8, 4) is 0 Å². The van der Waals surface area contributed by atoms with Gasteiger partial charge in [-0.1, -0.05) is 37.3 Å². The van der Waals surface area contributed by atoms with Crippen molar-refractivity contribution in [2.75, 3.05) is 13.2 Å². The number of aliphatic hydroxyl groups is 1. The highest BCUT2D eigenvalue weighted by atomic mass is 16.5. The van der Waals surface area contributed by atoms with Crippen LogP contribution in [0.3, 0.4) is 0 Å². The number of amides is 3. The predicted molar refractivity (Wildman–Crippen MR) is 81.0 cm³/mol. The molecule has 1 aliphatic rings. The smallest absolute Gasteiger partial charge is 0.325 e. The van der Waals surface area contributed by atoms with Crippen LogP contribution in [0.5, 0.6) is 0 Å². The van der Waals surface area contributed by atoms with Gasteiger partial charge in [0.05, 0.1) is 25.9 Å². The van der Waals surface area contributed by atoms with E-state index in [1.807, 2.05) is 37.3 Å². The second-order valence-corrected chi connectivity index (χ2v) is 5.69. The Morgan fingerprint density at radius 3 is 2.59 bits per heavy atom. The van der Waals surface area contributed by atoms with Crippen LogP contribution >= 0.6 is 0 Å². The van der Waals surface area contributed by atoms with Crippen molar-refractivity contribution in [3.05, 3.63) is 35.9 Å². The first-order valence-electron chi connectivity index (χ1n) is 7.40. The minimum atomic E-state index is -0.905. The van der Waals surface area contributed by atoms with Crippen LogP contribution in [0.1, 0.15) is 25.8 Å². The van der Waals surface area contributed by atoms with E-state index in [-0.39, 0.29) is 19.1 Å². The predicted octanol–water partition coefficient (Wildman–Crippen LogP) is 1.28. The summed E-state index contributed by atoms with van der Waals surface area (Å²) in [6.07, 6.45) is -0.396. The van der Waals surface area contributed by atoms with E-state index in [4.69, 9.17) is 4.74 Å². The summed E-state index contributed by atoms with van der Waals surface area (Å²) < 4.78 is 5.42. The number of hydrogen-bond acceptors (Lipinski definition) is 4. The van der Waals surface area contributed by atoms with E-state index in [0.717, 1.165) is 10.5 Å². The lowest BCUT2D eigenvalue weighted by Crippen LogP contribution is -2.44. The molecule has 22 heavy (non-hydrogen) atoms. The van der Waals surface area contributed by atoms with Gasteiger partial charge in [-0.15, -0.1) is 0 Å². The van der Waals surface area contributed by atoms with Crippen LogP contribution < -0.4 is 5.32 Å².